The summed E-state index contributed by atoms with van der Waals surface area (Å²) in [6.07, 6.45) is 4.33. The van der Waals surface area contributed by atoms with Gasteiger partial charge in [-0.15, -0.1) is 4.16 Å². The summed E-state index contributed by atoms with van der Waals surface area (Å²) in [6, 6.07) is 24.1. The van der Waals surface area contributed by atoms with Crippen molar-refractivity contribution < 1.29 is 8.73 Å². The quantitative estimate of drug-likeness (QED) is 0.252. The van der Waals surface area contributed by atoms with Gasteiger partial charge in [0.05, 0.1) is 32.5 Å². The number of para-hydroxylation sites is 1. The topological polar surface area (TPSA) is 11.2 Å². The second-order valence-electron chi connectivity index (χ2n) is 7.83. The van der Waals surface area contributed by atoms with Crippen LogP contribution in [0.25, 0.3) is 25.9 Å². The minimum Gasteiger partial charge on any atom is -0.309 e. The van der Waals surface area contributed by atoms with E-state index in [1.807, 2.05) is 11.3 Å². The first kappa shape index (κ1) is 19.7. The van der Waals surface area contributed by atoms with Crippen molar-refractivity contribution in [1.82, 2.24) is 0 Å². The van der Waals surface area contributed by atoms with Crippen molar-refractivity contribution in [2.75, 3.05) is 4.90 Å². The molecule has 32 heavy (non-hydrogen) atoms. The summed E-state index contributed by atoms with van der Waals surface area (Å²) in [5.74, 6) is 0. The van der Waals surface area contributed by atoms with E-state index in [9.17, 15) is 0 Å². The summed E-state index contributed by atoms with van der Waals surface area (Å²) in [7, 11) is 2.73. The molecule has 3 heterocycles. The molecule has 0 spiro atoms. The molecule has 0 aliphatic rings. The molecule has 0 N–H and O–H groups in total. The maximum atomic E-state index is 2.44. The maximum absolute atomic E-state index is 2.44. The monoisotopic (exact) mass is 471 g/mol. The molecule has 0 aliphatic heterocycles. The summed E-state index contributed by atoms with van der Waals surface area (Å²) in [5, 5.41) is 8.37. The average molecular weight is 472 g/mol. The second-order valence-corrected chi connectivity index (χ2v) is 10.8. The van der Waals surface area contributed by atoms with Gasteiger partial charge in [-0.25, -0.2) is 0 Å². The third-order valence-corrected chi connectivity index (χ3v) is 9.34. The van der Waals surface area contributed by atoms with E-state index in [1.54, 1.807) is 11.3 Å². The number of aromatic nitrogens is 2. The fraction of sp³-hybridized carbons (Fsp3) is 0.0769. The predicted molar refractivity (Wildman–Crippen MR) is 138 cm³/mol. The van der Waals surface area contributed by atoms with E-state index in [1.165, 1.54) is 48.5 Å². The Labute approximate surface area is 196 Å². The van der Waals surface area contributed by atoms with Crippen LogP contribution in [0.1, 0.15) is 5.56 Å². The lowest BCUT2D eigenvalue weighted by Gasteiger charge is -2.27. The van der Waals surface area contributed by atoms with Gasteiger partial charge in [0.15, 0.2) is 12.4 Å². The fourth-order valence-corrected chi connectivity index (χ4v) is 7.85. The number of benzene rings is 3. The molecular formula is C26H22N3PS2+2. The Bertz CT molecular complexity index is 1560. The Balaban J connectivity index is 1.64. The Morgan fingerprint density at radius 1 is 0.812 bits per heavy atom. The van der Waals surface area contributed by atoms with Crippen molar-refractivity contribution in [3.63, 3.8) is 0 Å². The zero-order valence-corrected chi connectivity index (χ0v) is 20.5. The molecule has 6 aromatic rings. The van der Waals surface area contributed by atoms with Gasteiger partial charge in [0.2, 0.25) is 0 Å². The number of anilines is 3. The lowest BCUT2D eigenvalue weighted by atomic mass is 10.0. The summed E-state index contributed by atoms with van der Waals surface area (Å²) >= 11 is 3.61. The van der Waals surface area contributed by atoms with E-state index in [4.69, 9.17) is 0 Å². The van der Waals surface area contributed by atoms with Gasteiger partial charge >= 0.3 is 0 Å². The van der Waals surface area contributed by atoms with E-state index in [0.717, 1.165) is 0 Å². The summed E-state index contributed by atoms with van der Waals surface area (Å²) in [6.45, 7) is 2.25. The molecule has 1 unspecified atom stereocenters. The van der Waals surface area contributed by atoms with Crippen molar-refractivity contribution >= 4 is 63.4 Å². The highest BCUT2D eigenvalue weighted by Crippen LogP contribution is 2.44. The summed E-state index contributed by atoms with van der Waals surface area (Å²) in [5.41, 5.74) is 6.24. The molecule has 0 bridgehead atoms. The Kier molecular flexibility index (Phi) is 4.83. The van der Waals surface area contributed by atoms with Crippen molar-refractivity contribution in [3.05, 3.63) is 95.4 Å². The first-order chi connectivity index (χ1) is 15.7. The number of hydrogen-bond donors (Lipinski definition) is 0. The van der Waals surface area contributed by atoms with Gasteiger partial charge in [0.25, 0.3) is 9.84 Å². The van der Waals surface area contributed by atoms with Gasteiger partial charge in [-0.1, -0.05) is 53.0 Å². The molecule has 6 rings (SSSR count). The molecule has 0 amide bonds. The molecule has 1 atom stereocenters. The second kappa shape index (κ2) is 7.86. The van der Waals surface area contributed by atoms with Crippen molar-refractivity contribution in [1.29, 1.82) is 0 Å². The van der Waals surface area contributed by atoms with Crippen LogP contribution in [0.3, 0.4) is 0 Å². The Hall–Kier alpha value is -2.98. The van der Waals surface area contributed by atoms with E-state index in [0.29, 0.717) is 8.35 Å². The third-order valence-electron chi connectivity index (χ3n) is 5.93. The largest absolute Gasteiger partial charge is 0.309 e. The van der Waals surface area contributed by atoms with Crippen LogP contribution >= 0.6 is 31.0 Å². The molecule has 3 nitrogen and oxygen atoms in total. The first-order valence-corrected chi connectivity index (χ1v) is 13.2. The summed E-state index contributed by atoms with van der Waals surface area (Å²) in [4.78, 5) is 3.79. The number of hydrogen-bond acceptors (Lipinski definition) is 3. The van der Waals surface area contributed by atoms with Crippen LogP contribution in [0.15, 0.2) is 89.9 Å². The highest BCUT2D eigenvalue weighted by atomic mass is 32.1. The van der Waals surface area contributed by atoms with Crippen LogP contribution in [0.2, 0.25) is 0 Å². The van der Waals surface area contributed by atoms with Gasteiger partial charge < -0.3 is 4.90 Å². The van der Waals surface area contributed by atoms with Gasteiger partial charge in [0.1, 0.15) is 15.4 Å². The molecule has 3 aromatic carbocycles. The third kappa shape index (κ3) is 3.08. The molecule has 0 saturated carbocycles. The Morgan fingerprint density at radius 3 is 2.41 bits per heavy atom. The van der Waals surface area contributed by atoms with E-state index in [-0.39, 0.29) is 0 Å². The van der Waals surface area contributed by atoms with Crippen LogP contribution in [0.4, 0.5) is 17.1 Å². The van der Waals surface area contributed by atoms with Crippen molar-refractivity contribution in [2.24, 2.45) is 7.05 Å². The zero-order chi connectivity index (χ0) is 21.7. The molecule has 156 valence electrons. The van der Waals surface area contributed by atoms with E-state index in [2.05, 4.69) is 117 Å². The van der Waals surface area contributed by atoms with Crippen LogP contribution < -0.4 is 13.6 Å². The standard InChI is InChI=1S/C26H22N3PS2/c1-18-20(25-27(2)14-16-31-25)10-6-12-22(18)29(19-8-4-3-5-9-19)23-13-7-11-21-24(23)30-28-15-17-32-26(21)28/h3-17,30H,1-2H3/q+2. The molecule has 0 saturated heterocycles. The SMILES string of the molecule is Cc1c(-c2scc[n+]2C)cccc1N(c1ccccc1)c1cccc2c1[pH][n+]1ccsc21. The van der Waals surface area contributed by atoms with Crippen LogP contribution in [-0.2, 0) is 7.05 Å². The number of nitrogens with zero attached hydrogens (tertiary/aromatic N) is 3. The van der Waals surface area contributed by atoms with Gasteiger partial charge in [0, 0.05) is 11.4 Å². The Morgan fingerprint density at radius 2 is 1.59 bits per heavy atom. The number of thiazole rings is 2. The van der Waals surface area contributed by atoms with E-state index >= 15 is 0 Å². The predicted octanol–water partition coefficient (Wildman–Crippen LogP) is 7.00. The van der Waals surface area contributed by atoms with Crippen molar-refractivity contribution in [2.45, 2.75) is 6.92 Å². The summed E-state index contributed by atoms with van der Waals surface area (Å²) < 4.78 is 4.59. The van der Waals surface area contributed by atoms with Crippen molar-refractivity contribution in [3.8, 4) is 10.6 Å². The molecule has 3 aromatic heterocycles. The number of rotatable bonds is 4. The minimum atomic E-state index is 0.610. The molecule has 6 heteroatoms. The zero-order valence-electron chi connectivity index (χ0n) is 17.8. The van der Waals surface area contributed by atoms with Gasteiger partial charge in [-0.2, -0.15) is 4.57 Å². The highest BCUT2D eigenvalue weighted by Gasteiger charge is 2.24. The fourth-order valence-electron chi connectivity index (χ4n) is 4.38. The average Bonchev–Trinajstić information content (AvgIpc) is 3.53. The number of aryl methyl sites for hydroxylation is 1. The van der Waals surface area contributed by atoms with Crippen LogP contribution in [-0.4, -0.2) is 0 Å². The normalized spacial score (nSPS) is 11.7. The van der Waals surface area contributed by atoms with Gasteiger partial charge in [-0.05, 0) is 48.9 Å². The first-order valence-electron chi connectivity index (χ1n) is 10.5. The molecular weight excluding hydrogens is 449 g/mol. The smallest absolute Gasteiger partial charge is 0.276 e. The van der Waals surface area contributed by atoms with Gasteiger partial charge in [-0.3, -0.25) is 0 Å². The maximum Gasteiger partial charge on any atom is 0.276 e. The molecule has 0 radical (unpaired) electrons. The lowest BCUT2D eigenvalue weighted by Crippen LogP contribution is -2.27. The highest BCUT2D eigenvalue weighted by molar-refractivity contribution is 7.31. The minimum absolute atomic E-state index is 0.610. The molecule has 0 aliphatic carbocycles. The van der Waals surface area contributed by atoms with E-state index < -0.39 is 0 Å². The molecule has 0 fully saturated rings. The van der Waals surface area contributed by atoms with Crippen LogP contribution in [0.5, 0.6) is 0 Å². The number of fused-ring (bicyclic) bond motifs is 3. The lowest BCUT2D eigenvalue weighted by molar-refractivity contribution is -0.655. The van der Waals surface area contributed by atoms with Crippen LogP contribution in [0, 0.1) is 6.92 Å².